The summed E-state index contributed by atoms with van der Waals surface area (Å²) < 4.78 is 12.3. The van der Waals surface area contributed by atoms with Gasteiger partial charge in [-0.1, -0.05) is 18.2 Å². The van der Waals surface area contributed by atoms with Crippen molar-refractivity contribution >= 4 is 16.7 Å². The lowest BCUT2D eigenvalue weighted by atomic mass is 10.1. The number of carbonyl (C=O) groups excluding carboxylic acids is 1. The molecule has 1 aliphatic rings. The van der Waals surface area contributed by atoms with E-state index in [4.69, 9.17) is 9.47 Å². The summed E-state index contributed by atoms with van der Waals surface area (Å²) in [5, 5.41) is 8.28. The van der Waals surface area contributed by atoms with Crippen molar-refractivity contribution in [2.45, 2.75) is 32.7 Å². The van der Waals surface area contributed by atoms with E-state index in [1.54, 1.807) is 24.3 Å². The topological polar surface area (TPSA) is 82.5 Å². The molecule has 7 nitrogen and oxygen atoms in total. The summed E-state index contributed by atoms with van der Waals surface area (Å²) in [6, 6.07) is 6.97. The normalized spacial score (nSPS) is 16.9. The zero-order chi connectivity index (χ0) is 19.2. The molecule has 0 saturated carbocycles. The predicted octanol–water partition coefficient (Wildman–Crippen LogP) is 2.15. The lowest BCUT2D eigenvalue weighted by Gasteiger charge is -2.13. The summed E-state index contributed by atoms with van der Waals surface area (Å²) in [4.78, 5) is 25.2. The Morgan fingerprint density at radius 3 is 2.85 bits per heavy atom. The predicted molar refractivity (Wildman–Crippen MR) is 103 cm³/mol. The third kappa shape index (κ3) is 4.73. The zero-order valence-electron chi connectivity index (χ0n) is 15.9. The number of rotatable bonds is 8. The molecular formula is C20H27N3O4. The Balaban J connectivity index is 1.60. The number of carbonyl (C=O) groups is 1. The Kier molecular flexibility index (Phi) is 6.58. The number of aromatic nitrogens is 2. The first-order valence-corrected chi connectivity index (χ1v) is 9.53. The molecule has 1 unspecified atom stereocenters. The lowest BCUT2D eigenvalue weighted by Crippen LogP contribution is -2.32. The average molecular weight is 373 g/mol. The maximum Gasteiger partial charge on any atom is 0.274 e. The van der Waals surface area contributed by atoms with Crippen LogP contribution in [0.1, 0.15) is 43.2 Å². The van der Waals surface area contributed by atoms with Crippen LogP contribution in [-0.2, 0) is 9.47 Å². The maximum absolute atomic E-state index is 12.6. The smallest absolute Gasteiger partial charge is 0.274 e. The second kappa shape index (κ2) is 9.10. The zero-order valence-corrected chi connectivity index (χ0v) is 15.9. The molecule has 27 heavy (non-hydrogen) atoms. The monoisotopic (exact) mass is 373 g/mol. The molecule has 0 aliphatic carbocycles. The van der Waals surface area contributed by atoms with E-state index in [2.05, 4.69) is 10.4 Å². The summed E-state index contributed by atoms with van der Waals surface area (Å²) >= 11 is 0. The van der Waals surface area contributed by atoms with Gasteiger partial charge in [0.15, 0.2) is 5.69 Å². The summed E-state index contributed by atoms with van der Waals surface area (Å²) in [7, 11) is 0. The van der Waals surface area contributed by atoms with Crippen LogP contribution >= 0.6 is 0 Å². The van der Waals surface area contributed by atoms with Crippen LogP contribution in [-0.4, -0.2) is 48.7 Å². The van der Waals surface area contributed by atoms with E-state index in [9.17, 15) is 9.59 Å². The number of benzene rings is 1. The van der Waals surface area contributed by atoms with Gasteiger partial charge in [-0.3, -0.25) is 9.59 Å². The van der Waals surface area contributed by atoms with Gasteiger partial charge in [0.25, 0.3) is 11.5 Å². The summed E-state index contributed by atoms with van der Waals surface area (Å²) in [6.45, 7) is 7.15. The van der Waals surface area contributed by atoms with Gasteiger partial charge in [0.2, 0.25) is 0 Å². The van der Waals surface area contributed by atoms with Crippen molar-refractivity contribution < 1.29 is 14.3 Å². The Bertz CT molecular complexity index is 841. The van der Waals surface area contributed by atoms with E-state index < -0.39 is 0 Å². The van der Waals surface area contributed by atoms with Crippen LogP contribution in [0.25, 0.3) is 10.8 Å². The van der Waals surface area contributed by atoms with Crippen molar-refractivity contribution in [3.63, 3.8) is 0 Å². The minimum Gasteiger partial charge on any atom is -0.381 e. The molecule has 1 aliphatic heterocycles. The Hall–Kier alpha value is -2.25. The Labute approximate surface area is 158 Å². The minimum atomic E-state index is -0.273. The van der Waals surface area contributed by atoms with Gasteiger partial charge in [-0.05, 0) is 32.8 Å². The number of nitrogens with one attached hydrogen (secondary N) is 1. The number of hydrogen-bond acceptors (Lipinski definition) is 5. The molecule has 7 heteroatoms. The van der Waals surface area contributed by atoms with Crippen LogP contribution < -0.4 is 10.9 Å². The second-order valence-corrected chi connectivity index (χ2v) is 7.15. The Morgan fingerprint density at radius 1 is 1.37 bits per heavy atom. The highest BCUT2D eigenvalue weighted by atomic mass is 16.5. The van der Waals surface area contributed by atoms with Crippen LogP contribution in [0, 0.1) is 5.92 Å². The minimum absolute atomic E-state index is 0.123. The lowest BCUT2D eigenvalue weighted by molar-refractivity contribution is 0.0852. The number of amides is 1. The van der Waals surface area contributed by atoms with Crippen molar-refractivity contribution in [2.24, 2.45) is 5.92 Å². The summed E-state index contributed by atoms with van der Waals surface area (Å²) in [5.74, 6) is 0.219. The van der Waals surface area contributed by atoms with Gasteiger partial charge >= 0.3 is 0 Å². The molecule has 1 N–H and O–H groups in total. The molecule has 0 spiro atoms. The number of nitrogens with zero attached hydrogens (tertiary/aromatic N) is 2. The van der Waals surface area contributed by atoms with Crippen molar-refractivity contribution in [3.05, 3.63) is 40.3 Å². The quantitative estimate of drug-likeness (QED) is 0.717. The largest absolute Gasteiger partial charge is 0.381 e. The van der Waals surface area contributed by atoms with Crippen LogP contribution in [0.4, 0.5) is 0 Å². The van der Waals surface area contributed by atoms with Gasteiger partial charge in [0, 0.05) is 31.1 Å². The van der Waals surface area contributed by atoms with Crippen LogP contribution in [0.2, 0.25) is 0 Å². The molecule has 2 aromatic rings. The molecule has 0 radical (unpaired) electrons. The van der Waals surface area contributed by atoms with Gasteiger partial charge in [0.1, 0.15) is 0 Å². The van der Waals surface area contributed by atoms with E-state index >= 15 is 0 Å². The first kappa shape index (κ1) is 19.5. The maximum atomic E-state index is 12.6. The van der Waals surface area contributed by atoms with Crippen LogP contribution in [0.3, 0.4) is 0 Å². The van der Waals surface area contributed by atoms with E-state index in [1.165, 1.54) is 4.68 Å². The van der Waals surface area contributed by atoms with Crippen molar-refractivity contribution in [3.8, 4) is 0 Å². The van der Waals surface area contributed by atoms with E-state index in [0.29, 0.717) is 36.4 Å². The first-order chi connectivity index (χ1) is 13.1. The highest BCUT2D eigenvalue weighted by Gasteiger charge is 2.18. The molecule has 0 bridgehead atoms. The standard InChI is InChI=1S/C20H27N3O4/c1-14(2)23-20(25)17-7-4-3-6-16(17)18(22-23)19(24)21-9-5-10-26-12-15-8-11-27-13-15/h3-4,6-7,14-15H,5,8-13H2,1-2H3,(H,21,24). The fraction of sp³-hybridized carbons (Fsp3) is 0.550. The summed E-state index contributed by atoms with van der Waals surface area (Å²) in [5.41, 5.74) is 0.101. The summed E-state index contributed by atoms with van der Waals surface area (Å²) in [6.07, 6.45) is 1.78. The van der Waals surface area contributed by atoms with Crippen LogP contribution in [0.5, 0.6) is 0 Å². The van der Waals surface area contributed by atoms with Crippen molar-refractivity contribution in [2.75, 3.05) is 33.0 Å². The molecule has 1 saturated heterocycles. The molecule has 146 valence electrons. The highest BCUT2D eigenvalue weighted by Crippen LogP contribution is 2.15. The molecule has 1 amide bonds. The van der Waals surface area contributed by atoms with Crippen molar-refractivity contribution in [1.29, 1.82) is 0 Å². The van der Waals surface area contributed by atoms with Gasteiger partial charge < -0.3 is 14.8 Å². The number of ether oxygens (including phenoxy) is 2. The number of fused-ring (bicyclic) bond motifs is 1. The third-order valence-corrected chi connectivity index (χ3v) is 4.66. The van der Waals surface area contributed by atoms with Gasteiger partial charge in [-0.2, -0.15) is 5.10 Å². The molecule has 1 aromatic heterocycles. The molecule has 2 heterocycles. The third-order valence-electron chi connectivity index (χ3n) is 4.66. The van der Waals surface area contributed by atoms with Gasteiger partial charge in [0.05, 0.1) is 24.6 Å². The molecule has 1 aromatic carbocycles. The molecule has 1 fully saturated rings. The highest BCUT2D eigenvalue weighted by molar-refractivity contribution is 6.04. The van der Waals surface area contributed by atoms with E-state index in [1.807, 2.05) is 13.8 Å². The van der Waals surface area contributed by atoms with E-state index in [-0.39, 0.29) is 23.2 Å². The SMILES string of the molecule is CC(C)n1nc(C(=O)NCCCOCC2CCOC2)c2ccccc2c1=O. The number of hydrogen-bond donors (Lipinski definition) is 1. The molecule has 1 atom stereocenters. The second-order valence-electron chi connectivity index (χ2n) is 7.15. The Morgan fingerprint density at radius 2 is 2.15 bits per heavy atom. The van der Waals surface area contributed by atoms with Gasteiger partial charge in [-0.15, -0.1) is 0 Å². The van der Waals surface area contributed by atoms with Gasteiger partial charge in [-0.25, -0.2) is 4.68 Å². The molecule has 3 rings (SSSR count). The fourth-order valence-electron chi connectivity index (χ4n) is 3.15. The van der Waals surface area contributed by atoms with Crippen molar-refractivity contribution in [1.82, 2.24) is 15.1 Å². The average Bonchev–Trinajstić information content (AvgIpc) is 3.18. The van der Waals surface area contributed by atoms with E-state index in [0.717, 1.165) is 26.1 Å². The first-order valence-electron chi connectivity index (χ1n) is 9.53. The fourth-order valence-corrected chi connectivity index (χ4v) is 3.15. The molecular weight excluding hydrogens is 346 g/mol. The van der Waals surface area contributed by atoms with Crippen LogP contribution in [0.15, 0.2) is 29.1 Å².